The van der Waals surface area contributed by atoms with Crippen molar-refractivity contribution in [1.29, 1.82) is 0 Å². The Labute approximate surface area is 142 Å². The van der Waals surface area contributed by atoms with E-state index in [2.05, 4.69) is 5.32 Å². The Morgan fingerprint density at radius 3 is 2.78 bits per heavy atom. The van der Waals surface area contributed by atoms with Crippen molar-refractivity contribution < 1.29 is 9.59 Å². The molecule has 1 heterocycles. The molecule has 0 bridgehead atoms. The molecule has 1 aromatic rings. The molecular formula is C17H24ClN3O2. The van der Waals surface area contributed by atoms with Crippen molar-refractivity contribution in [2.24, 2.45) is 17.6 Å². The van der Waals surface area contributed by atoms with Crippen LogP contribution in [0.3, 0.4) is 0 Å². The van der Waals surface area contributed by atoms with E-state index in [1.165, 1.54) is 0 Å². The summed E-state index contributed by atoms with van der Waals surface area (Å²) in [5, 5.41) is 3.53. The molecule has 23 heavy (non-hydrogen) atoms. The minimum absolute atomic E-state index is 0.178. The Morgan fingerprint density at radius 1 is 1.52 bits per heavy atom. The van der Waals surface area contributed by atoms with Crippen LogP contribution in [0.1, 0.15) is 27.2 Å². The molecule has 3 N–H and O–H groups in total. The topological polar surface area (TPSA) is 75.4 Å². The van der Waals surface area contributed by atoms with Gasteiger partial charge in [0.25, 0.3) is 0 Å². The fourth-order valence-corrected chi connectivity index (χ4v) is 2.81. The summed E-state index contributed by atoms with van der Waals surface area (Å²) in [6.07, 6.45) is 0.496. The first kappa shape index (κ1) is 17.8. The molecule has 0 spiro atoms. The second-order valence-electron chi connectivity index (χ2n) is 6.58. The average Bonchev–Trinajstić information content (AvgIpc) is 2.88. The van der Waals surface area contributed by atoms with Crippen molar-refractivity contribution >= 4 is 29.1 Å². The summed E-state index contributed by atoms with van der Waals surface area (Å²) in [4.78, 5) is 26.7. The van der Waals surface area contributed by atoms with Crippen LogP contribution in [-0.4, -0.2) is 30.4 Å². The minimum atomic E-state index is -0.668. The Bertz CT molecular complexity index is 605. The molecule has 1 aliphatic rings. The van der Waals surface area contributed by atoms with Gasteiger partial charge in [0, 0.05) is 23.8 Å². The molecule has 126 valence electrons. The molecule has 1 aromatic carbocycles. The third-order valence-electron chi connectivity index (χ3n) is 4.75. The number of benzene rings is 1. The predicted octanol–water partition coefficient (Wildman–Crippen LogP) is 2.18. The molecule has 6 heteroatoms. The highest BCUT2D eigenvalue weighted by Crippen LogP contribution is 2.28. The second kappa shape index (κ2) is 6.89. The van der Waals surface area contributed by atoms with E-state index >= 15 is 0 Å². The SMILES string of the molecule is CC(C)C(C)(CN)NC(=O)C1CCN(c2cccc(Cl)c2)C1=O. The maximum Gasteiger partial charge on any atom is 0.239 e. The maximum atomic E-state index is 12.6. The molecule has 2 rings (SSSR count). The number of nitrogens with two attached hydrogens (primary N) is 1. The Balaban J connectivity index is 2.11. The lowest BCUT2D eigenvalue weighted by Gasteiger charge is -2.34. The van der Waals surface area contributed by atoms with E-state index in [-0.39, 0.29) is 17.7 Å². The number of amides is 2. The van der Waals surface area contributed by atoms with Gasteiger partial charge in [-0.1, -0.05) is 31.5 Å². The summed E-state index contributed by atoms with van der Waals surface area (Å²) < 4.78 is 0. The first-order chi connectivity index (χ1) is 10.8. The third kappa shape index (κ3) is 3.67. The lowest BCUT2D eigenvalue weighted by molar-refractivity contribution is -0.133. The lowest BCUT2D eigenvalue weighted by atomic mass is 9.87. The summed E-state index contributed by atoms with van der Waals surface area (Å²) in [6, 6.07) is 7.10. The van der Waals surface area contributed by atoms with Crippen LogP contribution in [0.4, 0.5) is 5.69 Å². The fourth-order valence-electron chi connectivity index (χ4n) is 2.62. The zero-order valence-corrected chi connectivity index (χ0v) is 14.6. The number of carbonyl (C=O) groups excluding carboxylic acids is 2. The number of rotatable bonds is 5. The number of halogens is 1. The van der Waals surface area contributed by atoms with Gasteiger partial charge in [-0.15, -0.1) is 0 Å². The fraction of sp³-hybridized carbons (Fsp3) is 0.529. The van der Waals surface area contributed by atoms with Crippen LogP contribution in [0.25, 0.3) is 0 Å². The molecule has 1 fully saturated rings. The number of nitrogens with one attached hydrogen (secondary N) is 1. The van der Waals surface area contributed by atoms with Gasteiger partial charge in [0.05, 0.1) is 5.54 Å². The average molecular weight is 338 g/mol. The Hall–Kier alpha value is -1.59. The van der Waals surface area contributed by atoms with Gasteiger partial charge in [-0.05, 0) is 37.5 Å². The van der Waals surface area contributed by atoms with Crippen LogP contribution < -0.4 is 16.0 Å². The summed E-state index contributed by atoms with van der Waals surface area (Å²) in [5.74, 6) is -0.926. The molecule has 5 nitrogen and oxygen atoms in total. The molecule has 1 saturated heterocycles. The van der Waals surface area contributed by atoms with E-state index in [0.29, 0.717) is 24.5 Å². The van der Waals surface area contributed by atoms with E-state index in [4.69, 9.17) is 17.3 Å². The van der Waals surface area contributed by atoms with Crippen molar-refractivity contribution in [2.75, 3.05) is 18.0 Å². The number of nitrogens with zero attached hydrogens (tertiary/aromatic N) is 1. The van der Waals surface area contributed by atoms with E-state index in [1.54, 1.807) is 23.1 Å². The van der Waals surface area contributed by atoms with Crippen LogP contribution in [0.2, 0.25) is 5.02 Å². The molecule has 0 aromatic heterocycles. The quantitative estimate of drug-likeness (QED) is 0.809. The number of hydrogen-bond acceptors (Lipinski definition) is 3. The van der Waals surface area contributed by atoms with E-state index in [9.17, 15) is 9.59 Å². The summed E-state index contributed by atoms with van der Waals surface area (Å²) in [6.45, 7) is 6.75. The van der Waals surface area contributed by atoms with E-state index in [0.717, 1.165) is 5.69 Å². The number of anilines is 1. The van der Waals surface area contributed by atoms with Gasteiger partial charge in [-0.2, -0.15) is 0 Å². The van der Waals surface area contributed by atoms with E-state index in [1.807, 2.05) is 26.8 Å². The van der Waals surface area contributed by atoms with Crippen molar-refractivity contribution in [3.63, 3.8) is 0 Å². The first-order valence-electron chi connectivity index (χ1n) is 7.87. The largest absolute Gasteiger partial charge is 0.349 e. The van der Waals surface area contributed by atoms with Crippen molar-refractivity contribution in [3.8, 4) is 0 Å². The number of carbonyl (C=O) groups is 2. The second-order valence-corrected chi connectivity index (χ2v) is 7.01. The van der Waals surface area contributed by atoms with Gasteiger partial charge < -0.3 is 16.0 Å². The molecule has 0 saturated carbocycles. The van der Waals surface area contributed by atoms with Gasteiger partial charge in [0.15, 0.2) is 0 Å². The molecule has 1 aliphatic heterocycles. The van der Waals surface area contributed by atoms with Gasteiger partial charge in [-0.3, -0.25) is 9.59 Å². The van der Waals surface area contributed by atoms with Crippen LogP contribution in [0.15, 0.2) is 24.3 Å². The molecule has 0 radical (unpaired) electrons. The molecule has 2 atom stereocenters. The monoisotopic (exact) mass is 337 g/mol. The van der Waals surface area contributed by atoms with Gasteiger partial charge >= 0.3 is 0 Å². The highest BCUT2D eigenvalue weighted by Gasteiger charge is 2.40. The van der Waals surface area contributed by atoms with Gasteiger partial charge in [-0.25, -0.2) is 0 Å². The Morgan fingerprint density at radius 2 is 2.22 bits per heavy atom. The smallest absolute Gasteiger partial charge is 0.239 e. The lowest BCUT2D eigenvalue weighted by Crippen LogP contribution is -2.57. The van der Waals surface area contributed by atoms with Crippen LogP contribution in [-0.2, 0) is 9.59 Å². The minimum Gasteiger partial charge on any atom is -0.349 e. The molecular weight excluding hydrogens is 314 g/mol. The molecule has 2 amide bonds. The van der Waals surface area contributed by atoms with Gasteiger partial charge in [0.1, 0.15) is 5.92 Å². The van der Waals surface area contributed by atoms with Crippen LogP contribution in [0, 0.1) is 11.8 Å². The third-order valence-corrected chi connectivity index (χ3v) is 4.98. The zero-order valence-electron chi connectivity index (χ0n) is 13.8. The first-order valence-corrected chi connectivity index (χ1v) is 8.25. The standard InChI is InChI=1S/C17H24ClN3O2/c1-11(2)17(3,10-19)20-15(22)14-7-8-21(16(14)23)13-6-4-5-12(18)9-13/h4-6,9,11,14H,7-8,10,19H2,1-3H3,(H,20,22). The zero-order chi connectivity index (χ0) is 17.2. The predicted molar refractivity (Wildman–Crippen MR) is 92.4 cm³/mol. The molecule has 2 unspecified atom stereocenters. The molecule has 0 aliphatic carbocycles. The summed E-state index contributed by atoms with van der Waals surface area (Å²) >= 11 is 5.98. The summed E-state index contributed by atoms with van der Waals surface area (Å²) in [5.41, 5.74) is 6.01. The van der Waals surface area contributed by atoms with Crippen LogP contribution in [0.5, 0.6) is 0 Å². The van der Waals surface area contributed by atoms with Crippen molar-refractivity contribution in [1.82, 2.24) is 5.32 Å². The number of hydrogen-bond donors (Lipinski definition) is 2. The van der Waals surface area contributed by atoms with Crippen LogP contribution >= 0.6 is 11.6 Å². The summed E-state index contributed by atoms with van der Waals surface area (Å²) in [7, 11) is 0. The maximum absolute atomic E-state index is 12.6. The highest BCUT2D eigenvalue weighted by atomic mass is 35.5. The van der Waals surface area contributed by atoms with Gasteiger partial charge in [0.2, 0.25) is 11.8 Å². The Kier molecular flexibility index (Phi) is 5.32. The van der Waals surface area contributed by atoms with E-state index < -0.39 is 11.5 Å². The normalized spacial score (nSPS) is 20.7. The van der Waals surface area contributed by atoms with Crippen molar-refractivity contribution in [3.05, 3.63) is 29.3 Å². The highest BCUT2D eigenvalue weighted by molar-refractivity contribution is 6.31. The van der Waals surface area contributed by atoms with Crippen molar-refractivity contribution in [2.45, 2.75) is 32.7 Å².